The van der Waals surface area contributed by atoms with E-state index in [1.807, 2.05) is 121 Å². The van der Waals surface area contributed by atoms with Crippen LogP contribution in [-0.4, -0.2) is 0 Å². The second-order valence-corrected chi connectivity index (χ2v) is 21.0. The van der Waals surface area contributed by atoms with Crippen LogP contribution in [0, 0.1) is 0 Å². The van der Waals surface area contributed by atoms with Gasteiger partial charge in [-0.1, -0.05) is 291 Å². The van der Waals surface area contributed by atoms with Gasteiger partial charge in [0.15, 0.2) is 0 Å². The summed E-state index contributed by atoms with van der Waals surface area (Å²) in [5.41, 5.74) is 7.40. The zero-order valence-electron chi connectivity index (χ0n) is 66.2. The fourth-order valence-electron chi connectivity index (χ4n) is 12.5. The number of hydrogen-bond donors (Lipinski definition) is 0. The molecule has 0 saturated heterocycles. The molecule has 0 aliphatic heterocycles. The Labute approximate surface area is 526 Å². The highest BCUT2D eigenvalue weighted by molar-refractivity contribution is 6.24. The van der Waals surface area contributed by atoms with E-state index >= 15 is 0 Å². The van der Waals surface area contributed by atoms with E-state index in [9.17, 15) is 5.48 Å². The summed E-state index contributed by atoms with van der Waals surface area (Å²) in [6, 6.07) is 48.5. The topological polar surface area (TPSA) is 26.3 Å². The molecule has 400 valence electrons. The smallest absolute Gasteiger partial charge is 0.143 e. The Morgan fingerprint density at radius 1 is 0.209 bits per heavy atom. The molecule has 86 heavy (non-hydrogen) atoms. The van der Waals surface area contributed by atoms with E-state index in [0.29, 0.717) is 39.0 Å². The third-order valence-electron chi connectivity index (χ3n) is 16.3. The number of benzene rings is 16. The Hall–Kier alpha value is -11.3. The normalized spacial score (nSPS) is 15.1. The van der Waals surface area contributed by atoms with Crippen molar-refractivity contribution in [3.05, 3.63) is 315 Å². The average molecular weight is 1110 g/mol. The van der Waals surface area contributed by atoms with Gasteiger partial charge in [0.1, 0.15) is 22.3 Å². The molecule has 18 rings (SSSR count). The van der Waals surface area contributed by atoms with Crippen molar-refractivity contribution in [3.63, 3.8) is 0 Å². The highest BCUT2D eigenvalue weighted by Crippen LogP contribution is 2.48. The van der Waals surface area contributed by atoms with Gasteiger partial charge in [-0.15, -0.1) is 0 Å². The molecule has 0 atom stereocenters. The fourth-order valence-corrected chi connectivity index (χ4v) is 12.5. The second-order valence-electron chi connectivity index (χ2n) is 21.0. The van der Waals surface area contributed by atoms with Crippen molar-refractivity contribution < 1.29 is 37.6 Å². The van der Waals surface area contributed by atoms with Crippen molar-refractivity contribution in [3.8, 4) is 66.8 Å². The molecule has 0 radical (unpaired) electrons. The van der Waals surface area contributed by atoms with Crippen LogP contribution in [0.15, 0.2) is 324 Å². The molecule has 0 bridgehead atoms. The fraction of sp³-hybridized carbons (Fsp3) is 0. The Morgan fingerprint density at radius 3 is 1.22 bits per heavy atom. The summed E-state index contributed by atoms with van der Waals surface area (Å²) in [7, 11) is 0. The van der Waals surface area contributed by atoms with E-state index in [2.05, 4.69) is 18.2 Å². The Kier molecular flexibility index (Phi) is 7.65. The molecule has 0 aliphatic carbocycles. The van der Waals surface area contributed by atoms with Gasteiger partial charge in [-0.25, -0.2) is 0 Å². The maximum atomic E-state index is 9.23. The van der Waals surface area contributed by atoms with Crippen molar-refractivity contribution in [1.82, 2.24) is 0 Å². The summed E-state index contributed by atoms with van der Waals surface area (Å²) in [4.78, 5) is 0. The number of furan rings is 2. The number of rotatable bonds is 6. The number of fused-ring (bicyclic) bond motifs is 13. The highest BCUT2D eigenvalue weighted by Gasteiger charge is 2.21. The van der Waals surface area contributed by atoms with Gasteiger partial charge in [-0.05, 0) is 139 Å². The van der Waals surface area contributed by atoms with E-state index in [-0.39, 0.29) is 78.4 Å². The molecule has 16 aromatic carbocycles. The van der Waals surface area contributed by atoms with Gasteiger partial charge >= 0.3 is 0 Å². The van der Waals surface area contributed by atoms with Gasteiger partial charge in [-0.2, -0.15) is 0 Å². The molecule has 2 nitrogen and oxygen atoms in total. The minimum atomic E-state index is -0.712. The maximum absolute atomic E-state index is 9.23. The molecule has 18 aromatic rings. The van der Waals surface area contributed by atoms with Crippen LogP contribution in [0.25, 0.3) is 175 Å². The molecule has 2 heterocycles. The van der Waals surface area contributed by atoms with Gasteiger partial charge in [0, 0.05) is 38.1 Å². The zero-order chi connectivity index (χ0) is 74.9. The minimum Gasteiger partial charge on any atom is -0.455 e. The van der Waals surface area contributed by atoms with Crippen LogP contribution in [0.4, 0.5) is 0 Å². The predicted octanol–water partition coefficient (Wildman–Crippen LogP) is 24.1. The van der Waals surface area contributed by atoms with Gasteiger partial charge in [0.2, 0.25) is 0 Å². The SMILES string of the molecule is [2H]c1c([2H])c([2H])c(-c2c3c([2H])c([2H])c([2H])c([2H])c3c(-c3ccc(-c4cccc5c4oc4cc6ccccc6cc45)cc3)c3c([2H])c([2H])c([2H])c([2H])c23)c([2H])c1[2H].[2H]c1c([2H])c([2H])c2c(-c3cccc(-c4cccc5c4oc4c6ccccc6ccc54)c3)c3c([2H])c([2H])c([2H])c([2H])c3c(-c3ccccc3)c2c1[2H]. The molecule has 0 amide bonds. The minimum absolute atomic E-state index is 0.0744. The summed E-state index contributed by atoms with van der Waals surface area (Å²) < 4.78 is 198. The highest BCUT2D eigenvalue weighted by atomic mass is 16.3. The maximum Gasteiger partial charge on any atom is 0.143 e. The third kappa shape index (κ3) is 8.03. The van der Waals surface area contributed by atoms with Crippen molar-refractivity contribution in [2.75, 3.05) is 0 Å². The van der Waals surface area contributed by atoms with Crippen LogP contribution < -0.4 is 0 Å². The zero-order valence-corrected chi connectivity index (χ0v) is 45.2. The van der Waals surface area contributed by atoms with Crippen LogP contribution in [0.2, 0.25) is 0 Å². The van der Waals surface area contributed by atoms with Crippen LogP contribution in [-0.2, 0) is 0 Å². The van der Waals surface area contributed by atoms with Crippen LogP contribution in [0.1, 0.15) is 28.8 Å². The lowest BCUT2D eigenvalue weighted by atomic mass is 9.85. The largest absolute Gasteiger partial charge is 0.455 e. The van der Waals surface area contributed by atoms with Crippen LogP contribution >= 0.6 is 0 Å². The Balaban J connectivity index is 0.000000158. The molecule has 0 N–H and O–H groups in total. The van der Waals surface area contributed by atoms with Crippen molar-refractivity contribution in [1.29, 1.82) is 0 Å². The lowest BCUT2D eigenvalue weighted by molar-refractivity contribution is 0.670. The third-order valence-corrected chi connectivity index (χ3v) is 16.3. The molecule has 0 unspecified atom stereocenters. The van der Waals surface area contributed by atoms with Crippen molar-refractivity contribution in [2.45, 2.75) is 0 Å². The molecule has 0 spiro atoms. The first-order chi connectivity index (χ1) is 51.4. The van der Waals surface area contributed by atoms with Crippen molar-refractivity contribution >= 4 is 109 Å². The Bertz CT molecular complexity index is 6820. The van der Waals surface area contributed by atoms with Crippen molar-refractivity contribution in [2.24, 2.45) is 0 Å². The standard InChI is InChI=1S/2C42H26O/c1-2-13-28(14-3-1)39-33-18-6-8-20-35(33)40(36-21-9-7-19-34(36)39)30-16-10-15-29(26-30)32-22-11-23-37-38-25-24-27-12-4-5-17-31(27)41(38)43-42(32)37;1-2-11-28(12-3-1)40-33-15-6-8-17-35(33)41(36-18-9-7-16-34(36)40)29-23-21-27(22-24-29)32-19-10-20-37-38-25-30-13-4-5-14-31(30)26-39(38)43-42(32)37/h2*1-26H/i6D,7D,8D,9D,18D,19D,20D,21D;1D,2D,3D,6D,7D,8D,9D,11D,12D,15D,16D,17D,18D. The molecule has 0 fully saturated rings. The lowest BCUT2D eigenvalue weighted by Gasteiger charge is -2.18. The molecule has 0 aliphatic rings. The molecule has 0 saturated carbocycles. The van der Waals surface area contributed by atoms with Crippen LogP contribution in [0.5, 0.6) is 0 Å². The summed E-state index contributed by atoms with van der Waals surface area (Å²) in [6.45, 7) is 0. The lowest BCUT2D eigenvalue weighted by Crippen LogP contribution is -1.91. The summed E-state index contributed by atoms with van der Waals surface area (Å²) in [6.07, 6.45) is 0. The van der Waals surface area contributed by atoms with Gasteiger partial charge in [0.05, 0.1) is 28.8 Å². The Morgan fingerprint density at radius 2 is 0.616 bits per heavy atom. The van der Waals surface area contributed by atoms with E-state index < -0.39 is 108 Å². The quantitative estimate of drug-likeness (QED) is 0.155. The molecular weight excluding hydrogens is 1040 g/mol. The van der Waals surface area contributed by atoms with Crippen LogP contribution in [0.3, 0.4) is 0 Å². The summed E-state index contributed by atoms with van der Waals surface area (Å²) in [5, 5.41) is 8.00. The predicted molar refractivity (Wildman–Crippen MR) is 365 cm³/mol. The van der Waals surface area contributed by atoms with E-state index in [1.54, 1.807) is 48.5 Å². The second kappa shape index (κ2) is 20.2. The van der Waals surface area contributed by atoms with Gasteiger partial charge in [0.25, 0.3) is 0 Å². The van der Waals surface area contributed by atoms with E-state index in [0.717, 1.165) is 76.5 Å². The monoisotopic (exact) mass is 1110 g/mol. The number of hydrogen-bond acceptors (Lipinski definition) is 2. The first kappa shape index (κ1) is 32.5. The summed E-state index contributed by atoms with van der Waals surface area (Å²) in [5.74, 6) is 0. The van der Waals surface area contributed by atoms with E-state index in [1.165, 1.54) is 0 Å². The molecule has 2 aromatic heterocycles. The van der Waals surface area contributed by atoms with Gasteiger partial charge in [-0.3, -0.25) is 0 Å². The molecular formula is C84H52O2. The first-order valence-electron chi connectivity index (χ1n) is 38.3. The first-order valence-corrected chi connectivity index (χ1v) is 27.8. The average Bonchev–Trinajstić information content (AvgIpc) is 1.63. The van der Waals surface area contributed by atoms with Gasteiger partial charge < -0.3 is 8.83 Å². The molecule has 2 heteroatoms. The number of para-hydroxylation sites is 2. The van der Waals surface area contributed by atoms with E-state index in [4.69, 9.17) is 32.1 Å². The summed E-state index contributed by atoms with van der Waals surface area (Å²) >= 11 is 0.